The first kappa shape index (κ1) is 21.6. The van der Waals surface area contributed by atoms with E-state index in [4.69, 9.17) is 0 Å². The van der Waals surface area contributed by atoms with E-state index in [1.54, 1.807) is 4.90 Å². The second-order valence-corrected chi connectivity index (χ2v) is 8.80. The van der Waals surface area contributed by atoms with E-state index in [2.05, 4.69) is 10.2 Å². The SMILES string of the molecule is O=C(NCc1ccc(F)cc1F)c1cn2c(c(O)c1=O)C(=O)N1CCC3CCCCN3C1C2. The molecule has 0 saturated carbocycles. The van der Waals surface area contributed by atoms with Crippen molar-refractivity contribution in [3.8, 4) is 5.75 Å². The van der Waals surface area contributed by atoms with Gasteiger partial charge in [0.1, 0.15) is 23.4 Å². The Labute approximate surface area is 188 Å². The number of piperidine rings is 1. The average molecular weight is 458 g/mol. The van der Waals surface area contributed by atoms with Crippen molar-refractivity contribution in [2.24, 2.45) is 0 Å². The topological polar surface area (TPSA) is 94.9 Å². The Morgan fingerprint density at radius 3 is 2.76 bits per heavy atom. The van der Waals surface area contributed by atoms with Crippen LogP contribution in [-0.2, 0) is 13.1 Å². The van der Waals surface area contributed by atoms with Crippen LogP contribution in [-0.4, -0.2) is 56.6 Å². The number of hydrogen-bond acceptors (Lipinski definition) is 5. The number of aromatic nitrogens is 1. The molecule has 33 heavy (non-hydrogen) atoms. The van der Waals surface area contributed by atoms with Crippen molar-refractivity contribution in [3.63, 3.8) is 0 Å². The van der Waals surface area contributed by atoms with Gasteiger partial charge in [-0.1, -0.05) is 12.5 Å². The number of halogens is 2. The van der Waals surface area contributed by atoms with Gasteiger partial charge in [0.15, 0.2) is 11.4 Å². The molecule has 10 heteroatoms. The van der Waals surface area contributed by atoms with Crippen molar-refractivity contribution < 1.29 is 23.5 Å². The monoisotopic (exact) mass is 458 g/mol. The first-order chi connectivity index (χ1) is 15.8. The van der Waals surface area contributed by atoms with Crippen LogP contribution in [0.4, 0.5) is 8.78 Å². The standard InChI is InChI=1S/C23H24F2N4O4/c24-14-5-4-13(17(25)9-14)10-26-22(32)16-11-27-12-18-28-7-2-1-3-15(28)6-8-29(18)23(33)19(27)21(31)20(16)30/h4-5,9,11,15,18,31H,1-3,6-8,10,12H2,(H,26,32). The van der Waals surface area contributed by atoms with Gasteiger partial charge in [-0.2, -0.15) is 0 Å². The number of carbonyl (C=O) groups excluding carboxylic acids is 2. The summed E-state index contributed by atoms with van der Waals surface area (Å²) in [5.41, 5.74) is -1.37. The summed E-state index contributed by atoms with van der Waals surface area (Å²) in [6.45, 7) is 1.50. The van der Waals surface area contributed by atoms with Crippen molar-refractivity contribution in [1.82, 2.24) is 19.7 Å². The Kier molecular flexibility index (Phi) is 5.40. The van der Waals surface area contributed by atoms with Crippen LogP contribution < -0.4 is 10.7 Å². The van der Waals surface area contributed by atoms with E-state index < -0.39 is 34.6 Å². The van der Waals surface area contributed by atoms with Gasteiger partial charge >= 0.3 is 0 Å². The second-order valence-electron chi connectivity index (χ2n) is 8.80. The van der Waals surface area contributed by atoms with E-state index in [0.717, 1.165) is 38.3 Å². The van der Waals surface area contributed by atoms with Crippen LogP contribution >= 0.6 is 0 Å². The zero-order valence-electron chi connectivity index (χ0n) is 17.9. The molecule has 0 spiro atoms. The Hall–Kier alpha value is -3.27. The van der Waals surface area contributed by atoms with E-state index >= 15 is 0 Å². The molecule has 4 heterocycles. The quantitative estimate of drug-likeness (QED) is 0.732. The van der Waals surface area contributed by atoms with E-state index in [0.29, 0.717) is 25.2 Å². The van der Waals surface area contributed by atoms with Crippen molar-refractivity contribution >= 4 is 11.8 Å². The first-order valence-electron chi connectivity index (χ1n) is 11.1. The third-order valence-electron chi connectivity index (χ3n) is 6.90. The number of fused-ring (bicyclic) bond motifs is 4. The number of amides is 2. The van der Waals surface area contributed by atoms with Crippen LogP contribution in [0.5, 0.6) is 5.75 Å². The molecule has 2 atom stereocenters. The molecule has 5 rings (SSSR count). The van der Waals surface area contributed by atoms with Crippen LogP contribution in [0.25, 0.3) is 0 Å². The minimum atomic E-state index is -0.960. The van der Waals surface area contributed by atoms with Gasteiger partial charge in [-0.3, -0.25) is 19.3 Å². The molecular formula is C23H24F2N4O4. The summed E-state index contributed by atoms with van der Waals surface area (Å²) >= 11 is 0. The Morgan fingerprint density at radius 2 is 1.97 bits per heavy atom. The van der Waals surface area contributed by atoms with Gasteiger partial charge in [0.05, 0.1) is 6.54 Å². The lowest BCUT2D eigenvalue weighted by Gasteiger charge is -2.52. The molecule has 8 nitrogen and oxygen atoms in total. The molecule has 0 radical (unpaired) electrons. The highest BCUT2D eigenvalue weighted by molar-refractivity contribution is 5.99. The van der Waals surface area contributed by atoms with Crippen LogP contribution in [0, 0.1) is 11.6 Å². The van der Waals surface area contributed by atoms with Crippen molar-refractivity contribution in [2.45, 2.75) is 51.0 Å². The fourth-order valence-electron chi connectivity index (χ4n) is 5.21. The molecule has 2 fully saturated rings. The van der Waals surface area contributed by atoms with Crippen LogP contribution in [0.3, 0.4) is 0 Å². The van der Waals surface area contributed by atoms with Gasteiger partial charge in [0, 0.05) is 43.5 Å². The maximum Gasteiger partial charge on any atom is 0.275 e. The molecule has 2 saturated heterocycles. The highest BCUT2D eigenvalue weighted by atomic mass is 19.1. The lowest BCUT2D eigenvalue weighted by Crippen LogP contribution is -2.64. The highest BCUT2D eigenvalue weighted by Crippen LogP contribution is 2.33. The molecule has 2 amide bonds. The summed E-state index contributed by atoms with van der Waals surface area (Å²) in [6.07, 6.45) is 5.23. The third-order valence-corrected chi connectivity index (χ3v) is 6.90. The Morgan fingerprint density at radius 1 is 1.15 bits per heavy atom. The summed E-state index contributed by atoms with van der Waals surface area (Å²) in [4.78, 5) is 42.6. The van der Waals surface area contributed by atoms with Crippen molar-refractivity contribution in [1.29, 1.82) is 0 Å². The first-order valence-corrected chi connectivity index (χ1v) is 11.1. The van der Waals surface area contributed by atoms with Gasteiger partial charge in [0.25, 0.3) is 11.8 Å². The normalized spacial score (nSPS) is 22.4. The predicted octanol–water partition coefficient (Wildman–Crippen LogP) is 1.80. The minimum Gasteiger partial charge on any atom is -0.503 e. The number of carbonyl (C=O) groups is 2. The maximum atomic E-state index is 13.9. The third kappa shape index (κ3) is 3.68. The summed E-state index contributed by atoms with van der Waals surface area (Å²) in [7, 11) is 0. The minimum absolute atomic E-state index is 0.0520. The summed E-state index contributed by atoms with van der Waals surface area (Å²) < 4.78 is 28.4. The molecule has 174 valence electrons. The van der Waals surface area contributed by atoms with Crippen molar-refractivity contribution in [2.75, 3.05) is 13.1 Å². The number of pyridine rings is 1. The number of rotatable bonds is 3. The average Bonchev–Trinajstić information content (AvgIpc) is 2.80. The molecule has 0 bridgehead atoms. The van der Waals surface area contributed by atoms with Crippen molar-refractivity contribution in [3.05, 3.63) is 63.1 Å². The lowest BCUT2D eigenvalue weighted by molar-refractivity contribution is -0.0513. The largest absolute Gasteiger partial charge is 0.503 e. The number of benzene rings is 1. The summed E-state index contributed by atoms with van der Waals surface area (Å²) in [6, 6.07) is 3.37. The molecule has 1 aromatic heterocycles. The van der Waals surface area contributed by atoms with Gasteiger partial charge in [-0.05, 0) is 25.3 Å². The summed E-state index contributed by atoms with van der Waals surface area (Å²) in [5, 5.41) is 13.0. The smallest absolute Gasteiger partial charge is 0.275 e. The molecule has 2 N–H and O–H groups in total. The fourth-order valence-corrected chi connectivity index (χ4v) is 5.21. The predicted molar refractivity (Wildman–Crippen MR) is 114 cm³/mol. The van der Waals surface area contributed by atoms with E-state index in [9.17, 15) is 28.3 Å². The molecule has 0 aliphatic carbocycles. The summed E-state index contributed by atoms with van der Waals surface area (Å²) in [5.74, 6) is -3.56. The number of nitrogens with zero attached hydrogens (tertiary/aromatic N) is 3. The number of hydrogen-bond donors (Lipinski definition) is 2. The van der Waals surface area contributed by atoms with Gasteiger partial charge in [-0.25, -0.2) is 8.78 Å². The van der Waals surface area contributed by atoms with E-state index in [1.165, 1.54) is 16.8 Å². The number of aromatic hydroxyl groups is 1. The molecule has 2 unspecified atom stereocenters. The Balaban J connectivity index is 1.43. The second kappa shape index (κ2) is 8.26. The van der Waals surface area contributed by atoms with Gasteiger partial charge < -0.3 is 19.9 Å². The zero-order chi connectivity index (χ0) is 23.3. The van der Waals surface area contributed by atoms with Gasteiger partial charge in [0.2, 0.25) is 5.43 Å². The van der Waals surface area contributed by atoms with Crippen LogP contribution in [0.1, 0.15) is 52.1 Å². The molecular weight excluding hydrogens is 434 g/mol. The molecule has 1 aromatic carbocycles. The highest BCUT2D eigenvalue weighted by Gasteiger charge is 2.44. The maximum absolute atomic E-state index is 13.9. The Bertz CT molecular complexity index is 1200. The fraction of sp³-hybridized carbons (Fsp3) is 0.435. The van der Waals surface area contributed by atoms with Crippen LogP contribution in [0.15, 0.2) is 29.2 Å². The molecule has 2 aromatic rings. The van der Waals surface area contributed by atoms with Gasteiger partial charge in [-0.15, -0.1) is 0 Å². The molecule has 3 aliphatic heterocycles. The number of nitrogens with one attached hydrogen (secondary N) is 1. The van der Waals surface area contributed by atoms with E-state index in [1.807, 2.05) is 0 Å². The zero-order valence-corrected chi connectivity index (χ0v) is 17.9. The van der Waals surface area contributed by atoms with E-state index in [-0.39, 0.29) is 29.5 Å². The lowest BCUT2D eigenvalue weighted by atomic mass is 9.94. The molecule has 3 aliphatic rings. The van der Waals surface area contributed by atoms with Crippen LogP contribution in [0.2, 0.25) is 0 Å².